The Morgan fingerprint density at radius 3 is 1.85 bits per heavy atom. The van der Waals surface area contributed by atoms with Crippen molar-refractivity contribution in [2.45, 2.75) is 62.3 Å². The van der Waals surface area contributed by atoms with Crippen molar-refractivity contribution in [1.29, 1.82) is 0 Å². The largest absolute Gasteiger partial charge is 0.507 e. The highest BCUT2D eigenvalue weighted by Gasteiger charge is 2.29. The standard InChI is InChI=1S/C21H29NO2S2/c1-20(2,3)14-9-12(10-15(17(14)24)21(4,5)6)16(23)13-11-22-19(26-8)18(13)25-7/h9-11,22,24H,1-8H3. The first-order valence-corrected chi connectivity index (χ1v) is 11.1. The Balaban J connectivity index is 2.70. The SMILES string of the molecule is CSc1[nH]cc(C(=O)c2cc(C(C)(C)C)c(O)c(C(C)(C)C)c2)c1SC. The Hall–Kier alpha value is -1.33. The van der Waals surface area contributed by atoms with E-state index in [9.17, 15) is 9.90 Å². The number of carbonyl (C=O) groups is 1. The maximum atomic E-state index is 13.3. The van der Waals surface area contributed by atoms with Crippen LogP contribution < -0.4 is 0 Å². The number of benzene rings is 1. The number of nitrogens with one attached hydrogen (secondary N) is 1. The van der Waals surface area contributed by atoms with E-state index in [0.717, 1.165) is 21.0 Å². The van der Waals surface area contributed by atoms with E-state index in [1.165, 1.54) is 0 Å². The first kappa shape index (κ1) is 21.0. The summed E-state index contributed by atoms with van der Waals surface area (Å²) in [6.45, 7) is 12.3. The summed E-state index contributed by atoms with van der Waals surface area (Å²) in [6, 6.07) is 3.70. The summed E-state index contributed by atoms with van der Waals surface area (Å²) in [5.41, 5.74) is 2.40. The number of thioether (sulfide) groups is 2. The van der Waals surface area contributed by atoms with Crippen molar-refractivity contribution in [3.8, 4) is 5.75 Å². The van der Waals surface area contributed by atoms with Gasteiger partial charge in [-0.05, 0) is 35.5 Å². The molecule has 0 aliphatic carbocycles. The zero-order valence-electron chi connectivity index (χ0n) is 16.9. The molecule has 5 heteroatoms. The van der Waals surface area contributed by atoms with Gasteiger partial charge in [-0.1, -0.05) is 41.5 Å². The van der Waals surface area contributed by atoms with Gasteiger partial charge in [0.15, 0.2) is 5.78 Å². The highest BCUT2D eigenvalue weighted by Crippen LogP contribution is 2.41. The maximum Gasteiger partial charge on any atom is 0.195 e. The number of hydrogen-bond donors (Lipinski definition) is 2. The number of aromatic hydroxyl groups is 1. The number of aromatic nitrogens is 1. The average Bonchev–Trinajstić information content (AvgIpc) is 2.94. The number of phenols is 1. The molecular formula is C21H29NO2S2. The van der Waals surface area contributed by atoms with Crippen LogP contribution in [0.15, 0.2) is 28.3 Å². The van der Waals surface area contributed by atoms with Crippen molar-refractivity contribution in [2.75, 3.05) is 12.5 Å². The average molecular weight is 392 g/mol. The van der Waals surface area contributed by atoms with Crippen LogP contribution in [0.5, 0.6) is 5.75 Å². The van der Waals surface area contributed by atoms with E-state index in [-0.39, 0.29) is 16.6 Å². The molecule has 0 aliphatic heterocycles. The van der Waals surface area contributed by atoms with Gasteiger partial charge in [0.1, 0.15) is 5.75 Å². The van der Waals surface area contributed by atoms with Crippen molar-refractivity contribution in [3.05, 3.63) is 40.6 Å². The number of aromatic amines is 1. The molecule has 26 heavy (non-hydrogen) atoms. The smallest absolute Gasteiger partial charge is 0.195 e. The highest BCUT2D eigenvalue weighted by atomic mass is 32.2. The van der Waals surface area contributed by atoms with Crippen LogP contribution in [-0.2, 0) is 10.8 Å². The number of phenolic OH excluding ortho intramolecular Hbond substituents is 1. The molecule has 0 saturated heterocycles. The van der Waals surface area contributed by atoms with Crippen LogP contribution in [0.1, 0.15) is 68.6 Å². The molecule has 0 aliphatic rings. The fourth-order valence-corrected chi connectivity index (χ4v) is 4.57. The van der Waals surface area contributed by atoms with Crippen LogP contribution in [0.2, 0.25) is 0 Å². The number of hydrogen-bond acceptors (Lipinski definition) is 4. The van der Waals surface area contributed by atoms with Gasteiger partial charge in [0.05, 0.1) is 10.6 Å². The molecule has 0 bridgehead atoms. The molecule has 1 aromatic carbocycles. The van der Waals surface area contributed by atoms with Gasteiger partial charge in [0.25, 0.3) is 0 Å². The summed E-state index contributed by atoms with van der Waals surface area (Å²) in [5, 5.41) is 11.9. The maximum absolute atomic E-state index is 13.3. The zero-order chi connectivity index (χ0) is 19.9. The van der Waals surface area contributed by atoms with Crippen LogP contribution in [0.3, 0.4) is 0 Å². The van der Waals surface area contributed by atoms with Crippen LogP contribution in [0.4, 0.5) is 0 Å². The van der Waals surface area contributed by atoms with E-state index in [2.05, 4.69) is 46.5 Å². The first-order chi connectivity index (χ1) is 11.9. The quantitative estimate of drug-likeness (QED) is 0.496. The van der Waals surface area contributed by atoms with Crippen molar-refractivity contribution >= 4 is 29.3 Å². The lowest BCUT2D eigenvalue weighted by Crippen LogP contribution is -2.19. The van der Waals surface area contributed by atoms with Crippen molar-refractivity contribution in [1.82, 2.24) is 4.98 Å². The highest BCUT2D eigenvalue weighted by molar-refractivity contribution is 8.01. The molecule has 0 spiro atoms. The monoisotopic (exact) mass is 391 g/mol. The first-order valence-electron chi connectivity index (χ1n) is 8.63. The molecule has 0 radical (unpaired) electrons. The molecule has 0 unspecified atom stereocenters. The second-order valence-corrected chi connectivity index (χ2v) is 10.2. The second kappa shape index (κ2) is 7.35. The Bertz CT molecular complexity index is 789. The summed E-state index contributed by atoms with van der Waals surface area (Å²) in [4.78, 5) is 17.5. The van der Waals surface area contributed by atoms with Gasteiger partial charge >= 0.3 is 0 Å². The third-order valence-corrected chi connectivity index (χ3v) is 6.13. The predicted molar refractivity (Wildman–Crippen MR) is 113 cm³/mol. The van der Waals surface area contributed by atoms with Crippen LogP contribution in [0.25, 0.3) is 0 Å². The zero-order valence-corrected chi connectivity index (χ0v) is 18.5. The number of H-pyrrole nitrogens is 1. The molecule has 1 aromatic heterocycles. The normalized spacial score (nSPS) is 12.5. The summed E-state index contributed by atoms with van der Waals surface area (Å²) in [6.07, 6.45) is 5.77. The Kier molecular flexibility index (Phi) is 5.93. The van der Waals surface area contributed by atoms with Crippen LogP contribution in [0, 0.1) is 0 Å². The Labute approximate surface area is 165 Å². The lowest BCUT2D eigenvalue weighted by atomic mass is 9.78. The van der Waals surface area contributed by atoms with E-state index in [4.69, 9.17) is 0 Å². The van der Waals surface area contributed by atoms with Crippen LogP contribution >= 0.6 is 23.5 Å². The van der Waals surface area contributed by atoms with E-state index < -0.39 is 0 Å². The Morgan fingerprint density at radius 2 is 1.46 bits per heavy atom. The van der Waals surface area contributed by atoms with Gasteiger partial charge in [0.2, 0.25) is 0 Å². The van der Waals surface area contributed by atoms with Gasteiger partial charge in [-0.3, -0.25) is 4.79 Å². The van der Waals surface area contributed by atoms with E-state index in [0.29, 0.717) is 16.9 Å². The van der Waals surface area contributed by atoms with Crippen molar-refractivity contribution < 1.29 is 9.90 Å². The summed E-state index contributed by atoms with van der Waals surface area (Å²) in [7, 11) is 0. The molecule has 2 rings (SSSR count). The molecule has 1 heterocycles. The topological polar surface area (TPSA) is 53.1 Å². The van der Waals surface area contributed by atoms with E-state index in [1.54, 1.807) is 29.7 Å². The number of carbonyl (C=O) groups excluding carboxylic acids is 1. The van der Waals surface area contributed by atoms with Crippen molar-refractivity contribution in [3.63, 3.8) is 0 Å². The van der Waals surface area contributed by atoms with E-state index in [1.807, 2.05) is 24.6 Å². The van der Waals surface area contributed by atoms with E-state index >= 15 is 0 Å². The number of ketones is 1. The third-order valence-electron chi connectivity index (χ3n) is 4.44. The predicted octanol–water partition coefficient (Wildman–Crippen LogP) is 5.99. The van der Waals surface area contributed by atoms with Crippen molar-refractivity contribution in [2.24, 2.45) is 0 Å². The third kappa shape index (κ3) is 3.99. The molecule has 0 amide bonds. The fraction of sp³-hybridized carbons (Fsp3) is 0.476. The molecule has 3 nitrogen and oxygen atoms in total. The molecule has 0 saturated carbocycles. The summed E-state index contributed by atoms with van der Waals surface area (Å²) >= 11 is 3.18. The van der Waals surface area contributed by atoms with Gasteiger partial charge < -0.3 is 10.1 Å². The number of rotatable bonds is 4. The minimum absolute atomic E-state index is 0.0121. The molecule has 2 N–H and O–H groups in total. The molecule has 2 aromatic rings. The second-order valence-electron chi connectivity index (χ2n) is 8.52. The summed E-state index contributed by atoms with van der Waals surface area (Å²) < 4.78 is 0. The molecule has 0 atom stereocenters. The van der Waals surface area contributed by atoms with Gasteiger partial charge in [0, 0.05) is 27.8 Å². The fourth-order valence-electron chi connectivity index (χ4n) is 2.98. The summed E-state index contributed by atoms with van der Waals surface area (Å²) in [5.74, 6) is 0.285. The molecule has 0 fully saturated rings. The lowest BCUT2D eigenvalue weighted by Gasteiger charge is -2.28. The van der Waals surface area contributed by atoms with Gasteiger partial charge in [-0.25, -0.2) is 0 Å². The Morgan fingerprint density at radius 1 is 0.962 bits per heavy atom. The van der Waals surface area contributed by atoms with Crippen LogP contribution in [-0.4, -0.2) is 28.4 Å². The molecular weight excluding hydrogens is 362 g/mol. The minimum atomic E-state index is -0.259. The van der Waals surface area contributed by atoms with Gasteiger partial charge in [-0.15, -0.1) is 23.5 Å². The minimum Gasteiger partial charge on any atom is -0.507 e. The lowest BCUT2D eigenvalue weighted by molar-refractivity contribution is 0.103. The molecule has 142 valence electrons. The van der Waals surface area contributed by atoms with Gasteiger partial charge in [-0.2, -0.15) is 0 Å².